The number of aromatic hydroxyl groups is 1. The van der Waals surface area contributed by atoms with Crippen LogP contribution in [0.2, 0.25) is 0 Å². The Morgan fingerprint density at radius 3 is 2.00 bits per heavy atom. The largest absolute Gasteiger partial charge is 0.508 e. The third-order valence-electron chi connectivity index (χ3n) is 5.44. The summed E-state index contributed by atoms with van der Waals surface area (Å²) in [6, 6.07) is 7.07. The van der Waals surface area contributed by atoms with Gasteiger partial charge in [0, 0.05) is 0 Å². The molecule has 0 aliphatic carbocycles. The molecule has 3 heteroatoms. The molecule has 3 nitrogen and oxygen atoms in total. The zero-order chi connectivity index (χ0) is 21.6. The molecule has 0 bridgehead atoms. The van der Waals surface area contributed by atoms with Gasteiger partial charge < -0.3 is 9.84 Å². The minimum Gasteiger partial charge on any atom is -0.508 e. The van der Waals surface area contributed by atoms with Crippen molar-refractivity contribution in [2.45, 2.75) is 92.9 Å². The normalized spacial score (nSPS) is 14.8. The summed E-state index contributed by atoms with van der Waals surface area (Å²) in [5, 5.41) is 9.74. The Kier molecular flexibility index (Phi) is 8.59. The molecule has 0 spiro atoms. The summed E-state index contributed by atoms with van der Waals surface area (Å²) in [6.45, 7) is 17.7. The highest BCUT2D eigenvalue weighted by atomic mass is 16.5. The Hall–Kier alpha value is -1.51. The van der Waals surface area contributed by atoms with Crippen molar-refractivity contribution in [2.24, 2.45) is 16.7 Å². The van der Waals surface area contributed by atoms with Gasteiger partial charge in [0.2, 0.25) is 0 Å². The van der Waals surface area contributed by atoms with Gasteiger partial charge in [-0.15, -0.1) is 0 Å². The van der Waals surface area contributed by atoms with Crippen molar-refractivity contribution in [3.05, 3.63) is 29.8 Å². The SMILES string of the molecule is CC(C)CCCCCOC(=O)C(CC(C)(C)C)(c1ccc(O)cc1)C(C)(C)C. The predicted octanol–water partition coefficient (Wildman–Crippen LogP) is 6.87. The van der Waals surface area contributed by atoms with E-state index in [4.69, 9.17) is 4.74 Å². The maximum Gasteiger partial charge on any atom is 0.317 e. The molecule has 0 fully saturated rings. The monoisotopic (exact) mass is 390 g/mol. The molecule has 0 saturated carbocycles. The van der Waals surface area contributed by atoms with Gasteiger partial charge in [-0.3, -0.25) is 4.79 Å². The van der Waals surface area contributed by atoms with Crippen molar-refractivity contribution in [3.63, 3.8) is 0 Å². The number of ether oxygens (including phenoxy) is 1. The van der Waals surface area contributed by atoms with Crippen LogP contribution >= 0.6 is 0 Å². The predicted molar refractivity (Wildman–Crippen MR) is 118 cm³/mol. The van der Waals surface area contributed by atoms with E-state index in [1.54, 1.807) is 12.1 Å². The average Bonchev–Trinajstić information content (AvgIpc) is 2.54. The van der Waals surface area contributed by atoms with Crippen LogP contribution in [0.15, 0.2) is 24.3 Å². The summed E-state index contributed by atoms with van der Waals surface area (Å²) < 4.78 is 5.87. The number of hydrogen-bond acceptors (Lipinski definition) is 3. The van der Waals surface area contributed by atoms with Crippen molar-refractivity contribution >= 4 is 5.97 Å². The van der Waals surface area contributed by atoms with Gasteiger partial charge in [0.05, 0.1) is 12.0 Å². The lowest BCUT2D eigenvalue weighted by atomic mass is 9.57. The highest BCUT2D eigenvalue weighted by Gasteiger charge is 2.52. The van der Waals surface area contributed by atoms with Gasteiger partial charge in [-0.05, 0) is 47.3 Å². The molecule has 160 valence electrons. The first-order valence-electron chi connectivity index (χ1n) is 10.8. The van der Waals surface area contributed by atoms with Crippen LogP contribution in [0.3, 0.4) is 0 Å². The Balaban J connectivity index is 3.08. The van der Waals surface area contributed by atoms with Gasteiger partial charge >= 0.3 is 5.97 Å². The molecule has 0 radical (unpaired) electrons. The third kappa shape index (κ3) is 6.83. The number of phenolic OH excluding ortho intramolecular Hbond substituents is 1. The molecule has 0 aromatic heterocycles. The Morgan fingerprint density at radius 1 is 0.964 bits per heavy atom. The first kappa shape index (κ1) is 24.5. The number of carbonyl (C=O) groups excluding carboxylic acids is 1. The number of benzene rings is 1. The van der Waals surface area contributed by atoms with E-state index in [-0.39, 0.29) is 22.5 Å². The molecule has 0 aliphatic rings. The second-order valence-electron chi connectivity index (χ2n) is 10.8. The number of carbonyl (C=O) groups is 1. The van der Waals surface area contributed by atoms with E-state index >= 15 is 0 Å². The molecule has 28 heavy (non-hydrogen) atoms. The van der Waals surface area contributed by atoms with Gasteiger partial charge in [-0.2, -0.15) is 0 Å². The molecule has 1 atom stereocenters. The van der Waals surface area contributed by atoms with E-state index in [2.05, 4.69) is 55.4 Å². The van der Waals surface area contributed by atoms with Gasteiger partial charge in [-0.25, -0.2) is 0 Å². The molecule has 1 aromatic carbocycles. The first-order valence-corrected chi connectivity index (χ1v) is 10.8. The van der Waals surface area contributed by atoms with Crippen molar-refractivity contribution in [3.8, 4) is 5.75 Å². The minimum atomic E-state index is -0.767. The van der Waals surface area contributed by atoms with Gasteiger partial charge in [-0.1, -0.05) is 86.8 Å². The lowest BCUT2D eigenvalue weighted by Gasteiger charge is -2.46. The Labute approximate surface area is 172 Å². The summed E-state index contributed by atoms with van der Waals surface area (Å²) in [7, 11) is 0. The molecule has 1 unspecified atom stereocenters. The first-order chi connectivity index (χ1) is 12.8. The van der Waals surface area contributed by atoms with E-state index in [1.807, 2.05) is 12.1 Å². The van der Waals surface area contributed by atoms with E-state index in [1.165, 1.54) is 12.8 Å². The third-order valence-corrected chi connectivity index (χ3v) is 5.44. The molecule has 1 aromatic rings. The van der Waals surface area contributed by atoms with Crippen molar-refractivity contribution in [2.75, 3.05) is 6.61 Å². The maximum absolute atomic E-state index is 13.5. The van der Waals surface area contributed by atoms with Crippen LogP contribution < -0.4 is 0 Å². The fourth-order valence-corrected chi connectivity index (χ4v) is 3.96. The van der Waals surface area contributed by atoms with Crippen molar-refractivity contribution < 1.29 is 14.6 Å². The number of unbranched alkanes of at least 4 members (excludes halogenated alkanes) is 2. The lowest BCUT2D eigenvalue weighted by molar-refractivity contribution is -0.158. The quantitative estimate of drug-likeness (QED) is 0.369. The number of esters is 1. The zero-order valence-electron chi connectivity index (χ0n) is 19.4. The molecule has 0 aliphatic heterocycles. The smallest absolute Gasteiger partial charge is 0.317 e. The molecule has 1 rings (SSSR count). The fourth-order valence-electron chi connectivity index (χ4n) is 3.96. The molecule has 0 saturated heterocycles. The van der Waals surface area contributed by atoms with Crippen molar-refractivity contribution in [1.29, 1.82) is 0 Å². The second-order valence-corrected chi connectivity index (χ2v) is 10.8. The van der Waals surface area contributed by atoms with Gasteiger partial charge in [0.1, 0.15) is 5.75 Å². The lowest BCUT2D eigenvalue weighted by Crippen LogP contribution is -2.50. The van der Waals surface area contributed by atoms with Crippen LogP contribution in [-0.4, -0.2) is 17.7 Å². The van der Waals surface area contributed by atoms with Crippen LogP contribution in [0, 0.1) is 16.7 Å². The zero-order valence-corrected chi connectivity index (χ0v) is 19.4. The molecule has 1 N–H and O–H groups in total. The maximum atomic E-state index is 13.5. The van der Waals surface area contributed by atoms with E-state index in [9.17, 15) is 9.90 Å². The topological polar surface area (TPSA) is 46.5 Å². The van der Waals surface area contributed by atoms with Crippen LogP contribution in [0.5, 0.6) is 5.75 Å². The van der Waals surface area contributed by atoms with Crippen LogP contribution in [-0.2, 0) is 14.9 Å². The molecule has 0 heterocycles. The molecule has 0 amide bonds. The fraction of sp³-hybridized carbons (Fsp3) is 0.720. The van der Waals surface area contributed by atoms with Gasteiger partial charge in [0.15, 0.2) is 0 Å². The molecular formula is C25H42O3. The van der Waals surface area contributed by atoms with E-state index < -0.39 is 5.41 Å². The minimum absolute atomic E-state index is 0.0541. The number of phenols is 1. The summed E-state index contributed by atoms with van der Waals surface area (Å²) in [6.07, 6.45) is 5.08. The summed E-state index contributed by atoms with van der Waals surface area (Å²) in [4.78, 5) is 13.5. The highest BCUT2D eigenvalue weighted by molar-refractivity contribution is 5.84. The summed E-state index contributed by atoms with van der Waals surface area (Å²) in [5.74, 6) is 0.780. The second kappa shape index (κ2) is 9.80. The van der Waals surface area contributed by atoms with Crippen LogP contribution in [0.4, 0.5) is 0 Å². The molecular weight excluding hydrogens is 348 g/mol. The van der Waals surface area contributed by atoms with Crippen molar-refractivity contribution in [1.82, 2.24) is 0 Å². The Morgan fingerprint density at radius 2 is 1.54 bits per heavy atom. The highest BCUT2D eigenvalue weighted by Crippen LogP contribution is 2.50. The number of rotatable bonds is 9. The standard InChI is InChI=1S/C25H42O3/c1-19(2)12-10-9-11-17-28-22(27)25(24(6,7)8,18-23(3,4)5)20-13-15-21(26)16-14-20/h13-16,19,26H,9-12,17-18H2,1-8H3. The Bertz CT molecular complexity index is 602. The number of hydrogen-bond donors (Lipinski definition) is 1. The van der Waals surface area contributed by atoms with Crippen LogP contribution in [0.25, 0.3) is 0 Å². The average molecular weight is 391 g/mol. The van der Waals surface area contributed by atoms with E-state index in [0.717, 1.165) is 24.3 Å². The van der Waals surface area contributed by atoms with Crippen LogP contribution in [0.1, 0.15) is 93.1 Å². The van der Waals surface area contributed by atoms with Gasteiger partial charge in [0.25, 0.3) is 0 Å². The summed E-state index contributed by atoms with van der Waals surface area (Å²) in [5.41, 5.74) is -0.234. The summed E-state index contributed by atoms with van der Waals surface area (Å²) >= 11 is 0. The van der Waals surface area contributed by atoms with E-state index in [0.29, 0.717) is 13.0 Å².